The third-order valence-electron chi connectivity index (χ3n) is 2.90. The first kappa shape index (κ1) is 15.4. The van der Waals surface area contributed by atoms with E-state index < -0.39 is 13.5 Å². The standard InChI is InChI=1S/C13H15INO4PS/c14-21(20)19-8-7-18-6-5-15-11-4-2-1-3-10(11)9-12(15)13(16)17/h1-4,9,20H,5-8H2,(H,16,17)/i20T. The van der Waals surface area contributed by atoms with Crippen molar-refractivity contribution in [2.45, 2.75) is 6.54 Å². The van der Waals surface area contributed by atoms with E-state index in [-0.39, 0.29) is 5.69 Å². The van der Waals surface area contributed by atoms with Gasteiger partial charge >= 0.3 is 5.97 Å². The number of hydrogen-bond donors (Lipinski definition) is 1. The molecule has 0 saturated heterocycles. The van der Waals surface area contributed by atoms with Crippen LogP contribution in [0.15, 0.2) is 30.3 Å². The van der Waals surface area contributed by atoms with Crippen LogP contribution in [0, 0.1) is 0 Å². The summed E-state index contributed by atoms with van der Waals surface area (Å²) < 4.78 is 19.7. The third kappa shape index (κ3) is 4.75. The van der Waals surface area contributed by atoms with Gasteiger partial charge < -0.3 is 18.6 Å². The summed E-state index contributed by atoms with van der Waals surface area (Å²) >= 11 is 2.08. The lowest BCUT2D eigenvalue weighted by atomic mass is 10.2. The molecule has 0 aliphatic heterocycles. The molecule has 2 rings (SSSR count). The molecule has 8 heteroatoms. The average molecular weight is 441 g/mol. The number of carboxylic acids is 1. The smallest absolute Gasteiger partial charge is 0.352 e. The van der Waals surface area contributed by atoms with Gasteiger partial charge in [-0.3, -0.25) is 0 Å². The van der Waals surface area contributed by atoms with Crippen molar-refractivity contribution in [1.82, 2.24) is 4.57 Å². The Bertz CT molecular complexity index is 694. The summed E-state index contributed by atoms with van der Waals surface area (Å²) in [5.41, 5.74) is 1.16. The molecule has 21 heavy (non-hydrogen) atoms. The van der Waals surface area contributed by atoms with E-state index in [4.69, 9.17) is 10.2 Å². The second kappa shape index (κ2) is 8.24. The number of aromatic nitrogens is 1. The first-order valence-electron chi connectivity index (χ1n) is 6.66. The quantitative estimate of drug-likeness (QED) is 0.388. The van der Waals surface area contributed by atoms with Crippen molar-refractivity contribution in [3.63, 3.8) is 0 Å². The van der Waals surface area contributed by atoms with Crippen molar-refractivity contribution in [3.8, 4) is 0 Å². The summed E-state index contributed by atoms with van der Waals surface area (Å²) in [7, 11) is 0.0743. The van der Waals surface area contributed by atoms with Crippen LogP contribution < -0.4 is 0 Å². The number of carbonyl (C=O) groups is 1. The zero-order valence-electron chi connectivity index (χ0n) is 12.1. The number of benzene rings is 1. The van der Waals surface area contributed by atoms with Gasteiger partial charge in [-0.25, -0.2) is 4.79 Å². The number of halogens is 1. The molecule has 114 valence electrons. The number of carboxylic acid groups (broad SMARTS) is 1. The van der Waals surface area contributed by atoms with Gasteiger partial charge in [0.2, 0.25) is 0 Å². The van der Waals surface area contributed by atoms with Gasteiger partial charge in [0.25, 0.3) is 0 Å². The lowest BCUT2D eigenvalue weighted by molar-refractivity contribution is 0.0678. The zero-order valence-corrected chi connectivity index (χ0v) is 14.9. The van der Waals surface area contributed by atoms with Gasteiger partial charge in [-0.2, -0.15) is 0 Å². The average Bonchev–Trinajstić information content (AvgIpc) is 2.89. The van der Waals surface area contributed by atoms with E-state index in [2.05, 4.69) is 21.2 Å². The summed E-state index contributed by atoms with van der Waals surface area (Å²) in [6.07, 6.45) is 0. The maximum atomic E-state index is 11.3. The Labute approximate surface area is 140 Å². The zero-order chi connectivity index (χ0) is 15.9. The second-order valence-electron chi connectivity index (χ2n) is 4.19. The summed E-state index contributed by atoms with van der Waals surface area (Å²) in [4.78, 5) is 11.3. The van der Waals surface area contributed by atoms with Gasteiger partial charge in [-0.15, -0.1) is 0 Å². The lowest BCUT2D eigenvalue weighted by Crippen LogP contribution is -2.13. The molecule has 0 amide bonds. The Kier molecular flexibility index (Phi) is 6.05. The molecule has 5 nitrogen and oxygen atoms in total. The number of hydrogen-bond acceptors (Lipinski definition) is 3. The topological polar surface area (TPSA) is 60.7 Å². The van der Waals surface area contributed by atoms with Crippen LogP contribution in [0.4, 0.5) is 0 Å². The molecule has 1 N–H and O–H groups in total. The highest BCUT2D eigenvalue weighted by Crippen LogP contribution is 2.19. The molecule has 2 aromatic rings. The first-order valence-corrected chi connectivity index (χ1v) is 11.0. The highest BCUT2D eigenvalue weighted by molar-refractivity contribution is 14.2. The van der Waals surface area contributed by atoms with Crippen molar-refractivity contribution in [2.75, 3.05) is 19.8 Å². The van der Waals surface area contributed by atoms with E-state index >= 15 is 0 Å². The maximum Gasteiger partial charge on any atom is 0.352 e. The van der Waals surface area contributed by atoms with Crippen LogP contribution in [0.25, 0.3) is 10.9 Å². The van der Waals surface area contributed by atoms with Crippen LogP contribution in [0.2, 0.25) is 0 Å². The number of para-hydroxylation sites is 1. The Balaban J connectivity index is 1.93. The molecule has 0 bridgehead atoms. The normalized spacial score (nSPS) is 13.5. The van der Waals surface area contributed by atoms with Crippen molar-refractivity contribution < 1.29 is 18.8 Å². The molecule has 1 unspecified atom stereocenters. The third-order valence-corrected chi connectivity index (χ3v) is 4.34. The number of fused-ring (bicyclic) bond motifs is 1. The minimum Gasteiger partial charge on any atom is -0.477 e. The van der Waals surface area contributed by atoms with Crippen LogP contribution in [-0.4, -0.2) is 36.7 Å². The van der Waals surface area contributed by atoms with Gasteiger partial charge in [0.05, 0.1) is 19.8 Å². The molecule has 0 aliphatic rings. The van der Waals surface area contributed by atoms with Gasteiger partial charge in [-0.1, -0.05) is 26.2 Å². The molecular weight excluding hydrogens is 424 g/mol. The molecular formula is C13H15INO4PS. The minimum atomic E-state index is -0.942. The molecule has 0 fully saturated rings. The monoisotopic (exact) mass is 441 g/mol. The van der Waals surface area contributed by atoms with Gasteiger partial charge in [0.15, 0.2) is 0 Å². The molecule has 1 atom stereocenters. The predicted octanol–water partition coefficient (Wildman–Crippen LogP) is 3.31. The van der Waals surface area contributed by atoms with Crippen LogP contribution >= 0.6 is 29.2 Å². The molecule has 1 aromatic carbocycles. The predicted molar refractivity (Wildman–Crippen MR) is 95.4 cm³/mol. The highest BCUT2D eigenvalue weighted by Gasteiger charge is 2.13. The lowest BCUT2D eigenvalue weighted by Gasteiger charge is -2.09. The number of ether oxygens (including phenoxy) is 1. The van der Waals surface area contributed by atoms with Crippen molar-refractivity contribution >= 4 is 53.6 Å². The Morgan fingerprint density at radius 3 is 3.00 bits per heavy atom. The Morgan fingerprint density at radius 2 is 2.24 bits per heavy atom. The SMILES string of the molecule is [3H]P=S(I)OCCOCCn1c(C(=O)O)cc2ccccc21. The van der Waals surface area contributed by atoms with Crippen molar-refractivity contribution in [3.05, 3.63) is 36.0 Å². The van der Waals surface area contributed by atoms with E-state index in [1.165, 1.54) is 0 Å². The van der Waals surface area contributed by atoms with Crippen LogP contribution in [-0.2, 0) is 23.0 Å². The van der Waals surface area contributed by atoms with E-state index in [1.807, 2.05) is 24.3 Å². The fraction of sp³-hybridized carbons (Fsp3) is 0.308. The molecule has 0 saturated carbocycles. The van der Waals surface area contributed by atoms with Gasteiger partial charge in [0.1, 0.15) is 6.97 Å². The van der Waals surface area contributed by atoms with E-state index in [9.17, 15) is 9.90 Å². The maximum absolute atomic E-state index is 11.3. The molecule has 0 spiro atoms. The van der Waals surface area contributed by atoms with Gasteiger partial charge in [-0.05, 0) is 12.1 Å². The van der Waals surface area contributed by atoms with E-state index in [1.54, 1.807) is 10.6 Å². The van der Waals surface area contributed by atoms with Gasteiger partial charge in [0, 0.05) is 46.2 Å². The van der Waals surface area contributed by atoms with Crippen LogP contribution in [0.1, 0.15) is 10.5 Å². The summed E-state index contributed by atoms with van der Waals surface area (Å²) in [5.74, 6) is -0.942. The van der Waals surface area contributed by atoms with E-state index in [0.29, 0.717) is 34.3 Å². The van der Waals surface area contributed by atoms with Crippen LogP contribution in [0.5, 0.6) is 0 Å². The fourth-order valence-electron chi connectivity index (χ4n) is 2.05. The summed E-state index contributed by atoms with van der Waals surface area (Å²) in [6.45, 7) is 1.76. The summed E-state index contributed by atoms with van der Waals surface area (Å²) in [5, 5.41) is 10.2. The Morgan fingerprint density at radius 1 is 1.43 bits per heavy atom. The summed E-state index contributed by atoms with van der Waals surface area (Å²) in [6, 6.07) is 9.25. The van der Waals surface area contributed by atoms with Crippen LogP contribution in [0.3, 0.4) is 0 Å². The largest absolute Gasteiger partial charge is 0.477 e. The highest BCUT2D eigenvalue weighted by atomic mass is 127. The van der Waals surface area contributed by atoms with Crippen molar-refractivity contribution in [1.29, 1.82) is 1.28 Å². The molecule has 1 heterocycles. The van der Waals surface area contributed by atoms with Crippen molar-refractivity contribution in [2.24, 2.45) is 0 Å². The Hall–Kier alpha value is -0.470. The first-order chi connectivity index (χ1) is 10.6. The number of rotatable bonds is 8. The second-order valence-corrected chi connectivity index (χ2v) is 10.3. The fourth-order valence-corrected chi connectivity index (χ4v) is 3.02. The number of aromatic carboxylic acids is 1. The van der Waals surface area contributed by atoms with E-state index in [0.717, 1.165) is 10.9 Å². The number of nitrogens with zero attached hydrogens (tertiary/aromatic N) is 1. The minimum absolute atomic E-state index is 0.267. The molecule has 0 radical (unpaired) electrons. The molecule has 1 aromatic heterocycles. The molecule has 0 aliphatic carbocycles.